The Bertz CT molecular complexity index is 532. The third-order valence-electron chi connectivity index (χ3n) is 2.07. The average molecular weight is 299 g/mol. The van der Waals surface area contributed by atoms with Gasteiger partial charge in [0.2, 0.25) is 0 Å². The Labute approximate surface area is 108 Å². The number of nitrogens with two attached hydrogens (primary N) is 1. The molecule has 0 aliphatic carbocycles. The number of hydrogen-bond donors (Lipinski definition) is 1. The zero-order chi connectivity index (χ0) is 15.6. The molecule has 1 rings (SSSR count). The Morgan fingerprint density at radius 2 is 1.85 bits per heavy atom. The van der Waals surface area contributed by atoms with Gasteiger partial charge in [-0.2, -0.15) is 18.4 Å². The fourth-order valence-electron chi connectivity index (χ4n) is 1.39. The van der Waals surface area contributed by atoms with Gasteiger partial charge in [-0.1, -0.05) is 0 Å². The van der Waals surface area contributed by atoms with E-state index in [0.717, 1.165) is 6.07 Å². The van der Waals surface area contributed by atoms with Crippen LogP contribution >= 0.6 is 0 Å². The highest BCUT2D eigenvalue weighted by atomic mass is 19.4. The summed E-state index contributed by atoms with van der Waals surface area (Å²) in [6.07, 6.45) is -11.2. The summed E-state index contributed by atoms with van der Waals surface area (Å²) in [5.74, 6) is -1.52. The third-order valence-corrected chi connectivity index (χ3v) is 2.07. The third kappa shape index (κ3) is 3.99. The molecule has 1 heterocycles. The molecule has 0 radical (unpaired) electrons. The van der Waals surface area contributed by atoms with Gasteiger partial charge in [0.25, 0.3) is 0 Å². The van der Waals surface area contributed by atoms with Crippen molar-refractivity contribution in [1.82, 2.24) is 4.98 Å². The summed E-state index contributed by atoms with van der Waals surface area (Å²) >= 11 is 0. The molecule has 0 bridgehead atoms. The maximum atomic E-state index is 12.7. The lowest BCUT2D eigenvalue weighted by molar-refractivity contribution is -0.276. The van der Waals surface area contributed by atoms with E-state index in [1.807, 2.05) is 0 Å². The van der Waals surface area contributed by atoms with E-state index >= 15 is 0 Å². The number of pyridine rings is 1. The number of halogens is 6. The van der Waals surface area contributed by atoms with Gasteiger partial charge >= 0.3 is 12.5 Å². The topological polar surface area (TPSA) is 71.9 Å². The molecular weight excluding hydrogens is 292 g/mol. The molecule has 1 aromatic rings. The van der Waals surface area contributed by atoms with Gasteiger partial charge in [0.15, 0.2) is 11.4 Å². The molecule has 0 amide bonds. The Hall–Kier alpha value is -2.02. The van der Waals surface area contributed by atoms with Crippen molar-refractivity contribution in [2.75, 3.05) is 0 Å². The molecule has 0 saturated heterocycles. The molecule has 0 fully saturated rings. The molecule has 0 aromatic carbocycles. The van der Waals surface area contributed by atoms with Crippen molar-refractivity contribution in [2.24, 2.45) is 5.73 Å². The zero-order valence-corrected chi connectivity index (χ0v) is 9.64. The van der Waals surface area contributed by atoms with E-state index in [0.29, 0.717) is 0 Å². The molecule has 0 unspecified atom stereocenters. The minimum absolute atomic E-state index is 0.294. The van der Waals surface area contributed by atoms with Gasteiger partial charge in [-0.05, 0) is 6.07 Å². The lowest BCUT2D eigenvalue weighted by Crippen LogP contribution is -2.23. The quantitative estimate of drug-likeness (QED) is 0.870. The normalized spacial score (nSPS) is 12.1. The number of hydrogen-bond acceptors (Lipinski definition) is 4. The lowest BCUT2D eigenvalue weighted by atomic mass is 10.1. The maximum absolute atomic E-state index is 12.7. The highest BCUT2D eigenvalue weighted by Crippen LogP contribution is 2.39. The van der Waals surface area contributed by atoms with Gasteiger partial charge in [0.05, 0.1) is 18.2 Å². The SMILES string of the molecule is N#CCc1cc(CN)nc(C(F)(F)F)c1OC(F)(F)F. The van der Waals surface area contributed by atoms with Gasteiger partial charge in [-0.3, -0.25) is 0 Å². The summed E-state index contributed by atoms with van der Waals surface area (Å²) in [7, 11) is 0. The van der Waals surface area contributed by atoms with Crippen molar-refractivity contribution in [3.8, 4) is 11.8 Å². The molecule has 0 saturated carbocycles. The molecule has 1 aromatic heterocycles. The van der Waals surface area contributed by atoms with Crippen molar-refractivity contribution < 1.29 is 31.1 Å². The molecule has 4 nitrogen and oxygen atoms in total. The van der Waals surface area contributed by atoms with Crippen LogP contribution in [-0.4, -0.2) is 11.3 Å². The Morgan fingerprint density at radius 3 is 2.25 bits per heavy atom. The predicted octanol–water partition coefficient (Wildman–Crippen LogP) is 2.52. The summed E-state index contributed by atoms with van der Waals surface area (Å²) in [5, 5.41) is 8.48. The van der Waals surface area contributed by atoms with E-state index in [1.54, 1.807) is 0 Å². The van der Waals surface area contributed by atoms with E-state index in [2.05, 4.69) is 9.72 Å². The van der Waals surface area contributed by atoms with Crippen LogP contribution in [-0.2, 0) is 19.1 Å². The van der Waals surface area contributed by atoms with Gasteiger partial charge < -0.3 is 10.5 Å². The van der Waals surface area contributed by atoms with Crippen LogP contribution in [0.15, 0.2) is 6.07 Å². The molecule has 0 aliphatic rings. The van der Waals surface area contributed by atoms with E-state index in [9.17, 15) is 26.3 Å². The summed E-state index contributed by atoms with van der Waals surface area (Å²) < 4.78 is 78.1. The first kappa shape index (κ1) is 16.0. The zero-order valence-electron chi connectivity index (χ0n) is 9.64. The second-order valence-electron chi connectivity index (χ2n) is 3.54. The largest absolute Gasteiger partial charge is 0.573 e. The summed E-state index contributed by atoms with van der Waals surface area (Å²) in [6.45, 7) is -0.423. The number of rotatable bonds is 3. The van der Waals surface area contributed by atoms with Crippen molar-refractivity contribution in [2.45, 2.75) is 25.5 Å². The maximum Gasteiger partial charge on any atom is 0.573 e. The van der Waals surface area contributed by atoms with E-state index in [4.69, 9.17) is 11.0 Å². The summed E-state index contributed by atoms with van der Waals surface area (Å²) in [4.78, 5) is 3.01. The van der Waals surface area contributed by atoms with E-state index in [1.165, 1.54) is 6.07 Å². The second kappa shape index (κ2) is 5.54. The van der Waals surface area contributed by atoms with Gasteiger partial charge in [-0.25, -0.2) is 4.98 Å². The molecule has 0 aliphatic heterocycles. The predicted molar refractivity (Wildman–Crippen MR) is 53.1 cm³/mol. The van der Waals surface area contributed by atoms with Crippen LogP contribution in [0.2, 0.25) is 0 Å². The van der Waals surface area contributed by atoms with E-state index in [-0.39, 0.29) is 5.69 Å². The Balaban J connectivity index is 3.52. The molecule has 110 valence electrons. The molecular formula is C10H7F6N3O. The van der Waals surface area contributed by atoms with Crippen LogP contribution in [0.3, 0.4) is 0 Å². The monoisotopic (exact) mass is 299 g/mol. The highest BCUT2D eigenvalue weighted by Gasteiger charge is 2.42. The molecule has 2 N–H and O–H groups in total. The standard InChI is InChI=1S/C10H7F6N3O/c11-9(12,13)8-7(20-10(14,15)16)5(1-2-17)3-6(4-18)19-8/h3H,1,4,18H2. The molecule has 0 spiro atoms. The average Bonchev–Trinajstić information content (AvgIpc) is 2.28. The van der Waals surface area contributed by atoms with Crippen LogP contribution in [0.1, 0.15) is 17.0 Å². The first-order valence-corrected chi connectivity index (χ1v) is 5.01. The van der Waals surface area contributed by atoms with Crippen LogP contribution < -0.4 is 10.5 Å². The molecule has 10 heteroatoms. The number of alkyl halides is 6. The number of aromatic nitrogens is 1. The van der Waals surface area contributed by atoms with Crippen molar-refractivity contribution in [3.63, 3.8) is 0 Å². The number of nitriles is 1. The van der Waals surface area contributed by atoms with Crippen LogP contribution in [0.25, 0.3) is 0 Å². The Morgan fingerprint density at radius 1 is 1.25 bits per heavy atom. The van der Waals surface area contributed by atoms with Crippen LogP contribution in [0, 0.1) is 11.3 Å². The lowest BCUT2D eigenvalue weighted by Gasteiger charge is -2.18. The number of nitrogens with zero attached hydrogens (tertiary/aromatic N) is 2. The smallest absolute Gasteiger partial charge is 0.403 e. The van der Waals surface area contributed by atoms with E-state index < -0.39 is 42.5 Å². The second-order valence-corrected chi connectivity index (χ2v) is 3.54. The molecule has 0 atom stereocenters. The minimum Gasteiger partial charge on any atom is -0.403 e. The van der Waals surface area contributed by atoms with Crippen molar-refractivity contribution >= 4 is 0 Å². The van der Waals surface area contributed by atoms with Crippen LogP contribution in [0.4, 0.5) is 26.3 Å². The van der Waals surface area contributed by atoms with Gasteiger partial charge in [0.1, 0.15) is 0 Å². The number of ether oxygens (including phenoxy) is 1. The first-order chi connectivity index (χ1) is 9.08. The van der Waals surface area contributed by atoms with Gasteiger partial charge in [0, 0.05) is 12.1 Å². The van der Waals surface area contributed by atoms with Crippen molar-refractivity contribution in [1.29, 1.82) is 5.26 Å². The summed E-state index contributed by atoms with van der Waals surface area (Å²) in [5.41, 5.74) is 2.40. The summed E-state index contributed by atoms with van der Waals surface area (Å²) in [6, 6.07) is 2.33. The highest BCUT2D eigenvalue weighted by molar-refractivity contribution is 5.42. The fraction of sp³-hybridized carbons (Fsp3) is 0.400. The molecule has 20 heavy (non-hydrogen) atoms. The van der Waals surface area contributed by atoms with Gasteiger partial charge in [-0.15, -0.1) is 13.2 Å². The fourth-order valence-corrected chi connectivity index (χ4v) is 1.39. The van der Waals surface area contributed by atoms with Crippen molar-refractivity contribution in [3.05, 3.63) is 23.0 Å². The van der Waals surface area contributed by atoms with Crippen LogP contribution in [0.5, 0.6) is 5.75 Å². The first-order valence-electron chi connectivity index (χ1n) is 5.01. The Kier molecular flexibility index (Phi) is 4.44. The minimum atomic E-state index is -5.34.